The lowest BCUT2D eigenvalue weighted by molar-refractivity contribution is -0.00732. The molecule has 3 aliphatic rings. The van der Waals surface area contributed by atoms with E-state index in [1.54, 1.807) is 18.3 Å². The Hall–Kier alpha value is -4.71. The lowest BCUT2D eigenvalue weighted by atomic mass is 9.94. The molecule has 0 radical (unpaired) electrons. The van der Waals surface area contributed by atoms with Crippen molar-refractivity contribution >= 4 is 22.6 Å². The molecule has 11 heteroatoms. The van der Waals surface area contributed by atoms with Crippen LogP contribution in [0.5, 0.6) is 5.75 Å². The molecular formula is C38H37F2N5O4. The van der Waals surface area contributed by atoms with E-state index in [2.05, 4.69) is 14.9 Å². The van der Waals surface area contributed by atoms with Gasteiger partial charge in [0.25, 0.3) is 5.91 Å². The number of rotatable bonds is 7. The highest BCUT2D eigenvalue weighted by Crippen LogP contribution is 2.44. The Balaban J connectivity index is 1.12. The maximum absolute atomic E-state index is 15.5. The van der Waals surface area contributed by atoms with E-state index in [1.807, 2.05) is 31.3 Å². The van der Waals surface area contributed by atoms with Crippen LogP contribution in [0.25, 0.3) is 33.5 Å². The van der Waals surface area contributed by atoms with E-state index in [0.29, 0.717) is 33.4 Å². The van der Waals surface area contributed by atoms with Crippen molar-refractivity contribution in [2.45, 2.75) is 57.3 Å². The maximum atomic E-state index is 15.5. The van der Waals surface area contributed by atoms with Gasteiger partial charge < -0.3 is 24.8 Å². The highest BCUT2D eigenvalue weighted by Gasteiger charge is 2.33. The molecule has 1 aliphatic carbocycles. The SMILES string of the molecule is CC1(O)CCN(Cc2ccc(-c3cc4c(-c5cc(F)cc(N6CCOc7cc(C8CC8)cc(F)c7C6=O)c5CO)ccnc4[nH]3)nc2)CC1. The van der Waals surface area contributed by atoms with Crippen LogP contribution in [0.4, 0.5) is 14.5 Å². The van der Waals surface area contributed by atoms with Crippen LogP contribution in [-0.4, -0.2) is 67.8 Å². The predicted octanol–water partition coefficient (Wildman–Crippen LogP) is 6.33. The van der Waals surface area contributed by atoms with Gasteiger partial charge in [0.15, 0.2) is 0 Å². The fourth-order valence-electron chi connectivity index (χ4n) is 7.09. The molecule has 0 atom stereocenters. The molecule has 1 saturated heterocycles. The third kappa shape index (κ3) is 6.07. The highest BCUT2D eigenvalue weighted by atomic mass is 19.1. The van der Waals surface area contributed by atoms with Crippen LogP contribution in [0.1, 0.15) is 65.6 Å². The molecule has 2 aliphatic heterocycles. The second kappa shape index (κ2) is 12.3. The van der Waals surface area contributed by atoms with Gasteiger partial charge in [0.1, 0.15) is 35.2 Å². The van der Waals surface area contributed by atoms with Crippen LogP contribution < -0.4 is 9.64 Å². The first-order valence-electron chi connectivity index (χ1n) is 16.8. The number of benzene rings is 2. The van der Waals surface area contributed by atoms with Gasteiger partial charge >= 0.3 is 0 Å². The van der Waals surface area contributed by atoms with Gasteiger partial charge in [0, 0.05) is 43.0 Å². The van der Waals surface area contributed by atoms with Crippen molar-refractivity contribution in [2.24, 2.45) is 0 Å². The van der Waals surface area contributed by atoms with E-state index in [4.69, 9.17) is 9.72 Å². The molecule has 2 fully saturated rings. The number of likely N-dealkylation sites (tertiary alicyclic amines) is 1. The van der Waals surface area contributed by atoms with Crippen molar-refractivity contribution in [3.05, 3.63) is 94.8 Å². The zero-order valence-electron chi connectivity index (χ0n) is 27.2. The third-order valence-electron chi connectivity index (χ3n) is 10.1. The molecule has 1 saturated carbocycles. The number of fused-ring (bicyclic) bond motifs is 2. The number of amides is 1. The Labute approximate surface area is 282 Å². The van der Waals surface area contributed by atoms with Crippen molar-refractivity contribution in [3.8, 4) is 28.3 Å². The van der Waals surface area contributed by atoms with Crippen LogP contribution in [0.15, 0.2) is 60.9 Å². The van der Waals surface area contributed by atoms with E-state index in [1.165, 1.54) is 23.1 Å². The molecule has 0 unspecified atom stereocenters. The Bertz CT molecular complexity index is 2070. The number of aromatic amines is 1. The molecule has 3 aromatic heterocycles. The average molecular weight is 666 g/mol. The fourth-order valence-corrected chi connectivity index (χ4v) is 7.09. The van der Waals surface area contributed by atoms with Crippen molar-refractivity contribution in [1.82, 2.24) is 19.9 Å². The number of nitrogens with one attached hydrogen (secondary N) is 1. The van der Waals surface area contributed by atoms with E-state index in [0.717, 1.165) is 62.1 Å². The number of hydrogen-bond acceptors (Lipinski definition) is 7. The Morgan fingerprint density at radius 1 is 1.02 bits per heavy atom. The summed E-state index contributed by atoms with van der Waals surface area (Å²) in [5.74, 6) is -1.47. The summed E-state index contributed by atoms with van der Waals surface area (Å²) in [7, 11) is 0. The molecule has 0 spiro atoms. The van der Waals surface area contributed by atoms with Gasteiger partial charge in [-0.05, 0) is 103 Å². The molecule has 5 heterocycles. The van der Waals surface area contributed by atoms with Crippen molar-refractivity contribution < 1.29 is 28.5 Å². The third-order valence-corrected chi connectivity index (χ3v) is 10.1. The second-order valence-corrected chi connectivity index (χ2v) is 13.7. The van der Waals surface area contributed by atoms with E-state index in [-0.39, 0.29) is 36.1 Å². The normalized spacial score (nSPS) is 18.0. The van der Waals surface area contributed by atoms with Crippen LogP contribution in [0, 0.1) is 11.6 Å². The van der Waals surface area contributed by atoms with Crippen LogP contribution >= 0.6 is 0 Å². The number of piperidine rings is 1. The summed E-state index contributed by atoms with van der Waals surface area (Å²) in [5, 5.41) is 21.7. The lowest BCUT2D eigenvalue weighted by Crippen LogP contribution is -2.41. The molecule has 3 N–H and O–H groups in total. The molecule has 5 aromatic rings. The molecule has 9 nitrogen and oxygen atoms in total. The molecule has 0 bridgehead atoms. The van der Waals surface area contributed by atoms with Gasteiger partial charge in [0.05, 0.1) is 35.8 Å². The summed E-state index contributed by atoms with van der Waals surface area (Å²) >= 11 is 0. The molecule has 2 aromatic carbocycles. The Morgan fingerprint density at radius 3 is 2.57 bits per heavy atom. The van der Waals surface area contributed by atoms with Gasteiger partial charge in [-0.1, -0.05) is 6.07 Å². The van der Waals surface area contributed by atoms with Crippen LogP contribution in [0.3, 0.4) is 0 Å². The number of hydrogen-bond donors (Lipinski definition) is 3. The Morgan fingerprint density at radius 2 is 1.84 bits per heavy atom. The first-order valence-corrected chi connectivity index (χ1v) is 16.8. The number of carbonyl (C=O) groups is 1. The van der Waals surface area contributed by atoms with E-state index < -0.39 is 29.7 Å². The largest absolute Gasteiger partial charge is 0.491 e. The minimum atomic E-state index is -0.670. The van der Waals surface area contributed by atoms with Crippen molar-refractivity contribution in [3.63, 3.8) is 0 Å². The number of anilines is 1. The first kappa shape index (κ1) is 31.6. The summed E-state index contributed by atoms with van der Waals surface area (Å²) in [6, 6.07) is 13.3. The van der Waals surface area contributed by atoms with Crippen LogP contribution in [-0.2, 0) is 13.2 Å². The summed E-state index contributed by atoms with van der Waals surface area (Å²) in [6.45, 7) is 3.92. The molecular weight excluding hydrogens is 628 g/mol. The minimum Gasteiger partial charge on any atom is -0.491 e. The molecule has 252 valence electrons. The van der Waals surface area contributed by atoms with Gasteiger partial charge in [0.2, 0.25) is 0 Å². The van der Waals surface area contributed by atoms with Gasteiger partial charge in [-0.25, -0.2) is 13.8 Å². The summed E-state index contributed by atoms with van der Waals surface area (Å²) in [4.78, 5) is 30.0. The zero-order valence-corrected chi connectivity index (χ0v) is 27.2. The standard InChI is InChI=1S/C38H37F2N5O4/c1-38(48)7-10-44(11-8-38)20-22-2-5-31(42-19-22)32-18-28-26(6-9-41-36(28)43-32)27-16-25(39)17-33(29(27)21-46)45-12-13-49-34-15-24(23-3-4-23)14-30(40)35(34)37(45)47/h2,5-6,9,14-19,23,46,48H,3-4,7-8,10-13,20-21H2,1H3,(H,41,43). The minimum absolute atomic E-state index is 0.0436. The number of pyridine rings is 2. The van der Waals surface area contributed by atoms with Gasteiger partial charge in [-0.2, -0.15) is 0 Å². The maximum Gasteiger partial charge on any atom is 0.265 e. The number of aromatic nitrogens is 3. The molecule has 8 rings (SSSR count). The monoisotopic (exact) mass is 665 g/mol. The smallest absolute Gasteiger partial charge is 0.265 e. The van der Waals surface area contributed by atoms with Crippen molar-refractivity contribution in [2.75, 3.05) is 31.1 Å². The number of carbonyl (C=O) groups excluding carboxylic acids is 1. The number of nitrogens with zero attached hydrogens (tertiary/aromatic N) is 4. The number of ether oxygens (including phenoxy) is 1. The number of H-pyrrole nitrogens is 1. The van der Waals surface area contributed by atoms with Crippen molar-refractivity contribution in [1.29, 1.82) is 0 Å². The van der Waals surface area contributed by atoms with E-state index in [9.17, 15) is 15.0 Å². The number of aliphatic hydroxyl groups is 2. The zero-order chi connectivity index (χ0) is 33.9. The lowest BCUT2D eigenvalue weighted by Gasteiger charge is -2.35. The first-order chi connectivity index (χ1) is 23.7. The summed E-state index contributed by atoms with van der Waals surface area (Å²) in [5.41, 5.74) is 4.54. The molecule has 49 heavy (non-hydrogen) atoms. The fraction of sp³-hybridized carbons (Fsp3) is 0.342. The van der Waals surface area contributed by atoms with Crippen LogP contribution in [0.2, 0.25) is 0 Å². The average Bonchev–Trinajstić information content (AvgIpc) is 3.87. The number of halogens is 2. The Kier molecular flexibility index (Phi) is 7.93. The topological polar surface area (TPSA) is 115 Å². The van der Waals surface area contributed by atoms with Gasteiger partial charge in [-0.15, -0.1) is 0 Å². The summed E-state index contributed by atoms with van der Waals surface area (Å²) in [6.07, 6.45) is 6.88. The van der Waals surface area contributed by atoms with Gasteiger partial charge in [-0.3, -0.25) is 14.7 Å². The molecule has 1 amide bonds. The summed E-state index contributed by atoms with van der Waals surface area (Å²) < 4.78 is 36.8. The quantitative estimate of drug-likeness (QED) is 0.186. The van der Waals surface area contributed by atoms with E-state index >= 15 is 8.78 Å². The highest BCUT2D eigenvalue weighted by molar-refractivity contribution is 6.09. The number of aliphatic hydroxyl groups excluding tert-OH is 1. The second-order valence-electron chi connectivity index (χ2n) is 13.7. The predicted molar refractivity (Wildman–Crippen MR) is 181 cm³/mol.